The maximum Gasteiger partial charge on any atom is 0.392 e. The molecular formula is C15H17F3N6O. The normalized spacial score (nSPS) is 21.2. The Hall–Kier alpha value is -2.20. The number of halogens is 3. The molecule has 4 rings (SSSR count). The van der Waals surface area contributed by atoms with E-state index in [4.69, 9.17) is 0 Å². The highest BCUT2D eigenvalue weighted by atomic mass is 19.4. The molecule has 2 unspecified atom stereocenters. The number of nitrogens with zero attached hydrogens (tertiary/aromatic N) is 5. The van der Waals surface area contributed by atoms with Gasteiger partial charge in [-0.25, -0.2) is 9.50 Å². The number of nitrogens with one attached hydrogen (secondary N) is 1. The highest BCUT2D eigenvalue weighted by Crippen LogP contribution is 2.33. The molecule has 4 heterocycles. The van der Waals surface area contributed by atoms with Crippen molar-refractivity contribution in [3.63, 3.8) is 0 Å². The Morgan fingerprint density at radius 3 is 3.04 bits per heavy atom. The van der Waals surface area contributed by atoms with Gasteiger partial charge in [0.05, 0.1) is 12.1 Å². The van der Waals surface area contributed by atoms with E-state index in [1.807, 2.05) is 6.07 Å². The van der Waals surface area contributed by atoms with Crippen LogP contribution < -0.4 is 0 Å². The first-order chi connectivity index (χ1) is 11.9. The van der Waals surface area contributed by atoms with E-state index in [0.29, 0.717) is 25.2 Å². The second-order valence-corrected chi connectivity index (χ2v) is 6.39. The average molecular weight is 354 g/mol. The number of aromatic nitrogens is 5. The molecule has 0 spiro atoms. The van der Waals surface area contributed by atoms with Crippen molar-refractivity contribution in [2.24, 2.45) is 0 Å². The van der Waals surface area contributed by atoms with Crippen molar-refractivity contribution >= 4 is 16.6 Å². The summed E-state index contributed by atoms with van der Waals surface area (Å²) in [6.07, 6.45) is -2.33. The zero-order valence-corrected chi connectivity index (χ0v) is 13.2. The SMILES string of the molecule is OC(CC(F)(F)F)N1CCCC(c2nnn3cnc4[nH]ccc4c23)C1. The number of aromatic amines is 1. The summed E-state index contributed by atoms with van der Waals surface area (Å²) in [4.78, 5) is 8.74. The summed E-state index contributed by atoms with van der Waals surface area (Å²) >= 11 is 0. The summed E-state index contributed by atoms with van der Waals surface area (Å²) in [6, 6.07) is 1.88. The summed E-state index contributed by atoms with van der Waals surface area (Å²) in [5.74, 6) is -0.0883. The van der Waals surface area contributed by atoms with Crippen molar-refractivity contribution in [1.29, 1.82) is 0 Å². The van der Waals surface area contributed by atoms with Crippen molar-refractivity contribution in [2.75, 3.05) is 13.1 Å². The topological polar surface area (TPSA) is 82.3 Å². The van der Waals surface area contributed by atoms with Gasteiger partial charge in [0.25, 0.3) is 0 Å². The van der Waals surface area contributed by atoms with Crippen molar-refractivity contribution in [2.45, 2.75) is 37.6 Å². The maximum absolute atomic E-state index is 12.6. The number of piperidine rings is 1. The smallest absolute Gasteiger partial charge is 0.378 e. The molecular weight excluding hydrogens is 337 g/mol. The number of fused-ring (bicyclic) bond motifs is 3. The molecule has 7 nitrogen and oxygen atoms in total. The average Bonchev–Trinajstić information content (AvgIpc) is 3.19. The molecule has 2 atom stereocenters. The molecule has 10 heteroatoms. The van der Waals surface area contributed by atoms with Crippen LogP contribution in [-0.4, -0.2) is 60.3 Å². The largest absolute Gasteiger partial charge is 0.392 e. The highest BCUT2D eigenvalue weighted by Gasteiger charge is 2.36. The van der Waals surface area contributed by atoms with E-state index >= 15 is 0 Å². The fourth-order valence-corrected chi connectivity index (χ4v) is 3.53. The Bertz CT molecular complexity index is 888. The predicted molar refractivity (Wildman–Crippen MR) is 82.9 cm³/mol. The van der Waals surface area contributed by atoms with Crippen LogP contribution in [-0.2, 0) is 0 Å². The molecule has 2 N–H and O–H groups in total. The number of aliphatic hydroxyl groups excluding tert-OH is 1. The van der Waals surface area contributed by atoms with Crippen LogP contribution in [0.2, 0.25) is 0 Å². The Morgan fingerprint density at radius 2 is 2.24 bits per heavy atom. The molecule has 1 aliphatic heterocycles. The number of alkyl halides is 3. The van der Waals surface area contributed by atoms with Gasteiger partial charge in [-0.05, 0) is 18.9 Å². The van der Waals surface area contributed by atoms with E-state index in [1.54, 1.807) is 17.0 Å². The minimum absolute atomic E-state index is 0.0883. The Labute approximate surface area is 140 Å². The second-order valence-electron chi connectivity index (χ2n) is 6.39. The van der Waals surface area contributed by atoms with Gasteiger partial charge in [0, 0.05) is 30.6 Å². The first-order valence-corrected chi connectivity index (χ1v) is 8.08. The van der Waals surface area contributed by atoms with E-state index in [-0.39, 0.29) is 5.92 Å². The number of hydrogen-bond acceptors (Lipinski definition) is 5. The van der Waals surface area contributed by atoms with Crippen LogP contribution >= 0.6 is 0 Å². The molecule has 0 amide bonds. The van der Waals surface area contributed by atoms with Crippen LogP contribution in [0.4, 0.5) is 13.2 Å². The van der Waals surface area contributed by atoms with Gasteiger partial charge in [-0.15, -0.1) is 5.10 Å². The van der Waals surface area contributed by atoms with Gasteiger partial charge >= 0.3 is 6.18 Å². The lowest BCUT2D eigenvalue weighted by Gasteiger charge is -2.35. The molecule has 0 bridgehead atoms. The van der Waals surface area contributed by atoms with E-state index < -0.39 is 18.8 Å². The van der Waals surface area contributed by atoms with E-state index in [1.165, 1.54) is 4.90 Å². The molecule has 134 valence electrons. The molecule has 1 saturated heterocycles. The van der Waals surface area contributed by atoms with Crippen LogP contribution in [0.5, 0.6) is 0 Å². The van der Waals surface area contributed by atoms with Gasteiger partial charge < -0.3 is 10.1 Å². The van der Waals surface area contributed by atoms with Gasteiger partial charge in [0.15, 0.2) is 0 Å². The molecule has 3 aromatic heterocycles. The third-order valence-electron chi connectivity index (χ3n) is 4.67. The number of rotatable bonds is 3. The minimum Gasteiger partial charge on any atom is -0.378 e. The van der Waals surface area contributed by atoms with Crippen molar-refractivity contribution in [1.82, 2.24) is 29.7 Å². The van der Waals surface area contributed by atoms with Gasteiger partial charge in [-0.1, -0.05) is 5.21 Å². The number of hydrogen-bond donors (Lipinski definition) is 2. The maximum atomic E-state index is 12.6. The van der Waals surface area contributed by atoms with Crippen LogP contribution in [0, 0.1) is 0 Å². The summed E-state index contributed by atoms with van der Waals surface area (Å²) in [5.41, 5.74) is 2.25. The third kappa shape index (κ3) is 3.07. The van der Waals surface area contributed by atoms with E-state index in [0.717, 1.165) is 23.0 Å². The molecule has 1 fully saturated rings. The lowest BCUT2D eigenvalue weighted by atomic mass is 9.93. The fraction of sp³-hybridized carbons (Fsp3) is 0.533. The Morgan fingerprint density at radius 1 is 1.40 bits per heavy atom. The number of H-pyrrole nitrogens is 1. The molecule has 0 aromatic carbocycles. The number of likely N-dealkylation sites (tertiary alicyclic amines) is 1. The van der Waals surface area contributed by atoms with Gasteiger partial charge in [-0.2, -0.15) is 13.2 Å². The lowest BCUT2D eigenvalue weighted by molar-refractivity contribution is -0.176. The van der Waals surface area contributed by atoms with Crippen LogP contribution in [0.1, 0.15) is 30.9 Å². The first kappa shape index (κ1) is 16.3. The van der Waals surface area contributed by atoms with Gasteiger partial charge in [0.1, 0.15) is 23.7 Å². The van der Waals surface area contributed by atoms with Gasteiger partial charge in [0.2, 0.25) is 0 Å². The molecule has 3 aromatic rings. The predicted octanol–water partition coefficient (Wildman–Crippen LogP) is 2.06. The van der Waals surface area contributed by atoms with Crippen molar-refractivity contribution in [3.05, 3.63) is 24.3 Å². The molecule has 0 radical (unpaired) electrons. The summed E-state index contributed by atoms with van der Waals surface area (Å²) in [7, 11) is 0. The summed E-state index contributed by atoms with van der Waals surface area (Å²) in [5, 5.41) is 19.1. The standard InChI is InChI=1S/C15H17F3N6O/c16-15(17,18)6-11(25)23-5-1-2-9(7-23)12-13-10-3-4-19-14(10)20-8-24(13)22-21-12/h3-4,8-9,11,19,25H,1-2,5-7H2. The quantitative estimate of drug-likeness (QED) is 0.752. The Balaban J connectivity index is 1.63. The molecule has 25 heavy (non-hydrogen) atoms. The van der Waals surface area contributed by atoms with Crippen LogP contribution in [0.25, 0.3) is 16.6 Å². The van der Waals surface area contributed by atoms with E-state index in [9.17, 15) is 18.3 Å². The zero-order chi connectivity index (χ0) is 17.6. The van der Waals surface area contributed by atoms with Crippen LogP contribution in [0.15, 0.2) is 18.6 Å². The number of aliphatic hydroxyl groups is 1. The summed E-state index contributed by atoms with van der Waals surface area (Å²) in [6.45, 7) is 0.758. The highest BCUT2D eigenvalue weighted by molar-refractivity contribution is 5.92. The monoisotopic (exact) mass is 354 g/mol. The van der Waals surface area contributed by atoms with Gasteiger partial charge in [-0.3, -0.25) is 4.90 Å². The van der Waals surface area contributed by atoms with Crippen molar-refractivity contribution in [3.8, 4) is 0 Å². The van der Waals surface area contributed by atoms with Crippen molar-refractivity contribution < 1.29 is 18.3 Å². The van der Waals surface area contributed by atoms with Crippen LogP contribution in [0.3, 0.4) is 0 Å². The zero-order valence-electron chi connectivity index (χ0n) is 13.2. The Kier molecular flexibility index (Phi) is 3.88. The lowest BCUT2D eigenvalue weighted by Crippen LogP contribution is -2.44. The fourth-order valence-electron chi connectivity index (χ4n) is 3.53. The molecule has 1 aliphatic rings. The van der Waals surface area contributed by atoms with E-state index in [2.05, 4.69) is 20.3 Å². The third-order valence-corrected chi connectivity index (χ3v) is 4.67. The molecule has 0 aliphatic carbocycles. The summed E-state index contributed by atoms with van der Waals surface area (Å²) < 4.78 is 39.2. The molecule has 0 saturated carbocycles. The minimum atomic E-state index is -4.39. The first-order valence-electron chi connectivity index (χ1n) is 8.08. The second kappa shape index (κ2) is 5.95.